The van der Waals surface area contributed by atoms with Crippen molar-refractivity contribution in [1.82, 2.24) is 9.88 Å². The van der Waals surface area contributed by atoms with Crippen LogP contribution >= 0.6 is 15.9 Å². The summed E-state index contributed by atoms with van der Waals surface area (Å²) >= 11 is 3.40. The molecular weight excluding hydrogens is 288 g/mol. The van der Waals surface area contributed by atoms with Crippen molar-refractivity contribution in [3.63, 3.8) is 0 Å². The van der Waals surface area contributed by atoms with Gasteiger partial charge in [0.2, 0.25) is 5.76 Å². The maximum atomic E-state index is 12.3. The Labute approximate surface area is 108 Å². The van der Waals surface area contributed by atoms with Crippen LogP contribution in [0.5, 0.6) is 0 Å². The van der Waals surface area contributed by atoms with E-state index >= 15 is 0 Å². The third-order valence-corrected chi connectivity index (χ3v) is 3.51. The van der Waals surface area contributed by atoms with Crippen molar-refractivity contribution in [2.75, 3.05) is 25.1 Å². The summed E-state index contributed by atoms with van der Waals surface area (Å²) in [5.74, 6) is 0.765. The van der Waals surface area contributed by atoms with Gasteiger partial charge < -0.3 is 14.1 Å². The molecule has 1 atom stereocenters. The van der Waals surface area contributed by atoms with Gasteiger partial charge in [-0.2, -0.15) is 0 Å². The first-order chi connectivity index (χ1) is 8.13. The first-order valence-corrected chi connectivity index (χ1v) is 6.64. The minimum Gasteiger partial charge on any atom is -0.436 e. The zero-order chi connectivity index (χ0) is 12.4. The molecule has 17 heavy (non-hydrogen) atoms. The SMILES string of the molecule is Cc1nc(C)c(C(=O)N2CCOCC2CBr)o1. The van der Waals surface area contributed by atoms with Gasteiger partial charge in [-0.15, -0.1) is 0 Å². The lowest BCUT2D eigenvalue weighted by Crippen LogP contribution is -2.49. The second kappa shape index (κ2) is 5.18. The summed E-state index contributed by atoms with van der Waals surface area (Å²) in [5, 5.41) is 0.699. The van der Waals surface area contributed by atoms with Gasteiger partial charge in [-0.25, -0.2) is 4.98 Å². The van der Waals surface area contributed by atoms with E-state index in [1.165, 1.54) is 0 Å². The van der Waals surface area contributed by atoms with E-state index in [-0.39, 0.29) is 11.9 Å². The van der Waals surface area contributed by atoms with Crippen molar-refractivity contribution in [2.24, 2.45) is 0 Å². The molecule has 0 bridgehead atoms. The Hall–Kier alpha value is -0.880. The van der Waals surface area contributed by atoms with E-state index in [9.17, 15) is 4.79 Å². The molecule has 0 radical (unpaired) electrons. The molecule has 2 heterocycles. The number of aromatic nitrogens is 1. The maximum absolute atomic E-state index is 12.3. The molecule has 1 fully saturated rings. The molecule has 1 aromatic heterocycles. The van der Waals surface area contributed by atoms with Crippen LogP contribution in [-0.4, -0.2) is 46.9 Å². The molecule has 1 aromatic rings. The number of hydrogen-bond acceptors (Lipinski definition) is 4. The molecule has 0 spiro atoms. The summed E-state index contributed by atoms with van der Waals surface area (Å²) in [4.78, 5) is 18.2. The lowest BCUT2D eigenvalue weighted by Gasteiger charge is -2.33. The Morgan fingerprint density at radius 1 is 1.59 bits per heavy atom. The normalized spacial score (nSPS) is 20.6. The average Bonchev–Trinajstić information content (AvgIpc) is 2.67. The summed E-state index contributed by atoms with van der Waals surface area (Å²) in [7, 11) is 0. The average molecular weight is 303 g/mol. The fourth-order valence-electron chi connectivity index (χ4n) is 1.91. The summed E-state index contributed by atoms with van der Waals surface area (Å²) in [6.07, 6.45) is 0. The highest BCUT2D eigenvalue weighted by molar-refractivity contribution is 9.09. The maximum Gasteiger partial charge on any atom is 0.292 e. The third kappa shape index (κ3) is 2.52. The zero-order valence-electron chi connectivity index (χ0n) is 9.90. The van der Waals surface area contributed by atoms with E-state index in [1.807, 2.05) is 0 Å². The van der Waals surface area contributed by atoms with Crippen molar-refractivity contribution in [2.45, 2.75) is 19.9 Å². The van der Waals surface area contributed by atoms with Crippen LogP contribution in [0.2, 0.25) is 0 Å². The van der Waals surface area contributed by atoms with Crippen LogP contribution < -0.4 is 0 Å². The van der Waals surface area contributed by atoms with Gasteiger partial charge in [-0.3, -0.25) is 4.79 Å². The van der Waals surface area contributed by atoms with Crippen molar-refractivity contribution >= 4 is 21.8 Å². The number of alkyl halides is 1. The molecule has 0 aliphatic carbocycles. The molecule has 1 amide bonds. The number of carbonyl (C=O) groups is 1. The molecule has 1 unspecified atom stereocenters. The lowest BCUT2D eigenvalue weighted by atomic mass is 10.2. The van der Waals surface area contributed by atoms with Gasteiger partial charge in [0.1, 0.15) is 0 Å². The van der Waals surface area contributed by atoms with Gasteiger partial charge >= 0.3 is 0 Å². The highest BCUT2D eigenvalue weighted by atomic mass is 79.9. The van der Waals surface area contributed by atoms with E-state index in [0.717, 1.165) is 0 Å². The Kier molecular flexibility index (Phi) is 3.83. The second-order valence-electron chi connectivity index (χ2n) is 4.03. The van der Waals surface area contributed by atoms with Crippen LogP contribution in [0.25, 0.3) is 0 Å². The summed E-state index contributed by atoms with van der Waals surface area (Å²) in [6, 6.07) is 0.0565. The largest absolute Gasteiger partial charge is 0.436 e. The molecule has 1 aliphatic rings. The smallest absolute Gasteiger partial charge is 0.292 e. The van der Waals surface area contributed by atoms with Crippen molar-refractivity contribution in [1.29, 1.82) is 0 Å². The zero-order valence-corrected chi connectivity index (χ0v) is 11.5. The van der Waals surface area contributed by atoms with E-state index in [0.29, 0.717) is 42.4 Å². The number of aryl methyl sites for hydroxylation is 2. The van der Waals surface area contributed by atoms with Gasteiger partial charge in [-0.1, -0.05) is 15.9 Å². The lowest BCUT2D eigenvalue weighted by molar-refractivity contribution is 0.00349. The number of rotatable bonds is 2. The Morgan fingerprint density at radius 2 is 2.35 bits per heavy atom. The molecule has 1 saturated heterocycles. The summed E-state index contributed by atoms with van der Waals surface area (Å²) in [5.41, 5.74) is 0.646. The van der Waals surface area contributed by atoms with Crippen molar-refractivity contribution in [3.8, 4) is 0 Å². The monoisotopic (exact) mass is 302 g/mol. The van der Waals surface area contributed by atoms with Crippen LogP contribution in [0.3, 0.4) is 0 Å². The molecule has 0 N–H and O–H groups in total. The first-order valence-electron chi connectivity index (χ1n) is 5.52. The first kappa shape index (κ1) is 12.6. The minimum atomic E-state index is -0.101. The molecule has 0 aromatic carbocycles. The predicted octanol–water partition coefficient (Wildman–Crippen LogP) is 1.53. The number of hydrogen-bond donors (Lipinski definition) is 0. The van der Waals surface area contributed by atoms with Crippen LogP contribution in [0.4, 0.5) is 0 Å². The Morgan fingerprint density at radius 3 is 2.94 bits per heavy atom. The minimum absolute atomic E-state index is 0.0565. The van der Waals surface area contributed by atoms with Gasteiger partial charge in [0.05, 0.1) is 24.9 Å². The standard InChI is InChI=1S/C11H15BrN2O3/c1-7-10(17-8(2)13-7)11(15)14-3-4-16-6-9(14)5-12/h9H,3-6H2,1-2H3. The molecule has 0 saturated carbocycles. The van der Waals surface area contributed by atoms with Crippen molar-refractivity contribution < 1.29 is 13.9 Å². The summed E-state index contributed by atoms with van der Waals surface area (Å²) < 4.78 is 10.7. The van der Waals surface area contributed by atoms with E-state index in [2.05, 4.69) is 20.9 Å². The number of carbonyl (C=O) groups excluding carboxylic acids is 1. The van der Waals surface area contributed by atoms with E-state index in [1.54, 1.807) is 18.7 Å². The molecule has 6 heteroatoms. The van der Waals surface area contributed by atoms with Gasteiger partial charge in [0, 0.05) is 18.8 Å². The van der Waals surface area contributed by atoms with E-state index in [4.69, 9.17) is 9.15 Å². The van der Waals surface area contributed by atoms with E-state index < -0.39 is 0 Å². The van der Waals surface area contributed by atoms with Crippen LogP contribution in [0.1, 0.15) is 22.1 Å². The highest BCUT2D eigenvalue weighted by Gasteiger charge is 2.30. The number of amides is 1. The van der Waals surface area contributed by atoms with Gasteiger partial charge in [0.25, 0.3) is 5.91 Å². The van der Waals surface area contributed by atoms with Gasteiger partial charge in [-0.05, 0) is 6.92 Å². The predicted molar refractivity (Wildman–Crippen MR) is 65.4 cm³/mol. The number of morpholine rings is 1. The Balaban J connectivity index is 2.21. The van der Waals surface area contributed by atoms with Gasteiger partial charge in [0.15, 0.2) is 5.89 Å². The van der Waals surface area contributed by atoms with Crippen LogP contribution in [0.15, 0.2) is 4.42 Å². The fourth-order valence-corrected chi connectivity index (χ4v) is 2.45. The fraction of sp³-hybridized carbons (Fsp3) is 0.636. The Bertz CT molecular complexity index is 419. The number of ether oxygens (including phenoxy) is 1. The number of nitrogens with zero attached hydrogens (tertiary/aromatic N) is 2. The quantitative estimate of drug-likeness (QED) is 0.778. The second-order valence-corrected chi connectivity index (χ2v) is 4.68. The molecular formula is C11H15BrN2O3. The topological polar surface area (TPSA) is 55.6 Å². The highest BCUT2D eigenvalue weighted by Crippen LogP contribution is 2.17. The molecule has 2 rings (SSSR count). The summed E-state index contributed by atoms with van der Waals surface area (Å²) in [6.45, 7) is 5.25. The van der Waals surface area contributed by atoms with Crippen LogP contribution in [-0.2, 0) is 4.74 Å². The number of oxazole rings is 1. The molecule has 1 aliphatic heterocycles. The van der Waals surface area contributed by atoms with Crippen LogP contribution in [0, 0.1) is 13.8 Å². The third-order valence-electron chi connectivity index (χ3n) is 2.76. The number of halogens is 1. The molecule has 5 nitrogen and oxygen atoms in total. The van der Waals surface area contributed by atoms with Crippen molar-refractivity contribution in [3.05, 3.63) is 17.3 Å². The molecule has 94 valence electrons.